The number of aliphatic imine (C=N–C) groups is 1. The molecule has 26 heavy (non-hydrogen) atoms. The standard InChI is InChI=1S/C24H23NO/c1-3-7-19(8-4-1)11-14-24-23-13-12-22(17-21(23)15-16-25-24)26-18-20-9-5-2-6-10-20/h2,5-6,9-14,17,19H,1,3,7,15-16,18H2. The summed E-state index contributed by atoms with van der Waals surface area (Å²) in [5, 5.41) is 0. The maximum Gasteiger partial charge on any atom is 0.120 e. The zero-order valence-electron chi connectivity index (χ0n) is 14.9. The molecule has 1 aliphatic heterocycles. The van der Waals surface area contributed by atoms with E-state index in [0.29, 0.717) is 12.5 Å². The van der Waals surface area contributed by atoms with Crippen LogP contribution in [-0.2, 0) is 13.0 Å². The fourth-order valence-electron chi connectivity index (χ4n) is 3.42. The maximum atomic E-state index is 5.97. The van der Waals surface area contributed by atoms with Gasteiger partial charge < -0.3 is 4.74 Å². The van der Waals surface area contributed by atoms with Crippen LogP contribution in [0.1, 0.15) is 36.0 Å². The summed E-state index contributed by atoms with van der Waals surface area (Å²) in [5.41, 5.74) is 4.81. The lowest BCUT2D eigenvalue weighted by Gasteiger charge is -2.17. The largest absolute Gasteiger partial charge is 0.489 e. The smallest absolute Gasteiger partial charge is 0.120 e. The summed E-state index contributed by atoms with van der Waals surface area (Å²) in [6.07, 6.45) is 8.76. The van der Waals surface area contributed by atoms with Gasteiger partial charge in [-0.15, -0.1) is 5.92 Å². The van der Waals surface area contributed by atoms with Crippen LogP contribution in [0.5, 0.6) is 5.75 Å². The quantitative estimate of drug-likeness (QED) is 0.704. The van der Waals surface area contributed by atoms with E-state index in [1.807, 2.05) is 18.2 Å². The van der Waals surface area contributed by atoms with Crippen LogP contribution in [0.4, 0.5) is 0 Å². The van der Waals surface area contributed by atoms with E-state index in [1.54, 1.807) is 0 Å². The monoisotopic (exact) mass is 341 g/mol. The van der Waals surface area contributed by atoms with Crippen LogP contribution in [0.25, 0.3) is 0 Å². The molecule has 1 aliphatic carbocycles. The summed E-state index contributed by atoms with van der Waals surface area (Å²) in [4.78, 5) is 4.72. The zero-order chi connectivity index (χ0) is 17.6. The molecule has 1 unspecified atom stereocenters. The van der Waals surface area contributed by atoms with Gasteiger partial charge in [0.05, 0.1) is 5.71 Å². The highest BCUT2D eigenvalue weighted by Gasteiger charge is 2.14. The minimum Gasteiger partial charge on any atom is -0.489 e. The molecule has 0 aromatic heterocycles. The SMILES string of the molecule is C1#CC(C=CC2=NCCc3cc(OCc4ccccc4)ccc32)CCC1. The Kier molecular flexibility index (Phi) is 5.17. The van der Waals surface area contributed by atoms with Gasteiger partial charge in [0.1, 0.15) is 12.4 Å². The predicted octanol–water partition coefficient (Wildman–Crippen LogP) is 4.97. The first kappa shape index (κ1) is 16.7. The van der Waals surface area contributed by atoms with Gasteiger partial charge in [0.15, 0.2) is 0 Å². The Morgan fingerprint density at radius 1 is 1.15 bits per heavy atom. The van der Waals surface area contributed by atoms with Crippen LogP contribution >= 0.6 is 0 Å². The number of rotatable bonds is 5. The van der Waals surface area contributed by atoms with Gasteiger partial charge >= 0.3 is 0 Å². The van der Waals surface area contributed by atoms with Crippen LogP contribution in [0.3, 0.4) is 0 Å². The van der Waals surface area contributed by atoms with Gasteiger partial charge in [-0.25, -0.2) is 0 Å². The van der Waals surface area contributed by atoms with E-state index in [9.17, 15) is 0 Å². The van der Waals surface area contributed by atoms with Gasteiger partial charge in [-0.05, 0) is 54.7 Å². The second-order valence-corrected chi connectivity index (χ2v) is 6.79. The van der Waals surface area contributed by atoms with E-state index in [4.69, 9.17) is 9.73 Å². The van der Waals surface area contributed by atoms with Crippen LogP contribution in [-0.4, -0.2) is 12.3 Å². The predicted molar refractivity (Wildman–Crippen MR) is 107 cm³/mol. The number of hydrogen-bond acceptors (Lipinski definition) is 2. The molecule has 0 bridgehead atoms. The lowest BCUT2D eigenvalue weighted by molar-refractivity contribution is 0.306. The molecule has 2 heteroatoms. The Bertz CT molecular complexity index is 883. The molecule has 1 heterocycles. The maximum absolute atomic E-state index is 5.97. The van der Waals surface area contributed by atoms with E-state index in [1.165, 1.54) is 23.1 Å². The first-order valence-electron chi connectivity index (χ1n) is 9.39. The van der Waals surface area contributed by atoms with Gasteiger partial charge in [-0.3, -0.25) is 4.99 Å². The number of nitrogens with zero attached hydrogens (tertiary/aromatic N) is 1. The highest BCUT2D eigenvalue weighted by atomic mass is 16.5. The Balaban J connectivity index is 1.46. The molecular weight excluding hydrogens is 318 g/mol. The van der Waals surface area contributed by atoms with Crippen molar-refractivity contribution in [1.82, 2.24) is 0 Å². The Labute approximate surface area is 155 Å². The number of fused-ring (bicyclic) bond motifs is 1. The Morgan fingerprint density at radius 3 is 2.92 bits per heavy atom. The number of ether oxygens (including phenoxy) is 1. The van der Waals surface area contributed by atoms with Gasteiger partial charge in [0, 0.05) is 24.4 Å². The van der Waals surface area contributed by atoms with Crippen molar-refractivity contribution >= 4 is 5.71 Å². The minimum atomic E-state index is 0.380. The molecule has 0 spiro atoms. The molecule has 0 radical (unpaired) electrons. The van der Waals surface area contributed by atoms with Crippen LogP contribution < -0.4 is 4.74 Å². The van der Waals surface area contributed by atoms with Crippen molar-refractivity contribution in [3.05, 3.63) is 77.4 Å². The van der Waals surface area contributed by atoms with Gasteiger partial charge in [0.2, 0.25) is 0 Å². The van der Waals surface area contributed by atoms with Crippen LogP contribution in [0.15, 0.2) is 65.7 Å². The third kappa shape index (κ3) is 4.06. The Hall–Kier alpha value is -2.79. The molecule has 130 valence electrons. The summed E-state index contributed by atoms with van der Waals surface area (Å²) in [6.45, 7) is 1.44. The van der Waals surface area contributed by atoms with E-state index >= 15 is 0 Å². The summed E-state index contributed by atoms with van der Waals surface area (Å²) in [7, 11) is 0. The molecule has 2 aromatic carbocycles. The fraction of sp³-hybridized carbons (Fsp3) is 0.292. The molecule has 0 saturated heterocycles. The highest BCUT2D eigenvalue weighted by Crippen LogP contribution is 2.24. The highest BCUT2D eigenvalue weighted by molar-refractivity contribution is 6.10. The molecule has 1 atom stereocenters. The number of benzene rings is 2. The van der Waals surface area contributed by atoms with Crippen LogP contribution in [0, 0.1) is 17.8 Å². The van der Waals surface area contributed by atoms with Crippen molar-refractivity contribution in [2.75, 3.05) is 6.54 Å². The summed E-state index contributed by atoms with van der Waals surface area (Å²) >= 11 is 0. The average molecular weight is 341 g/mol. The lowest BCUT2D eigenvalue weighted by atomic mass is 9.94. The topological polar surface area (TPSA) is 21.6 Å². The lowest BCUT2D eigenvalue weighted by Crippen LogP contribution is -2.12. The second-order valence-electron chi connectivity index (χ2n) is 6.79. The average Bonchev–Trinajstić information content (AvgIpc) is 2.72. The fourth-order valence-corrected chi connectivity index (χ4v) is 3.42. The van der Waals surface area contributed by atoms with Gasteiger partial charge in [-0.1, -0.05) is 42.3 Å². The summed E-state index contributed by atoms with van der Waals surface area (Å²) in [6, 6.07) is 16.6. The molecule has 4 rings (SSSR count). The molecule has 2 aliphatic rings. The van der Waals surface area contributed by atoms with E-state index in [2.05, 4.69) is 54.3 Å². The van der Waals surface area contributed by atoms with E-state index < -0.39 is 0 Å². The van der Waals surface area contributed by atoms with Crippen molar-refractivity contribution in [1.29, 1.82) is 0 Å². The van der Waals surface area contributed by atoms with E-state index in [0.717, 1.165) is 37.3 Å². The number of allylic oxidation sites excluding steroid dienone is 2. The molecule has 0 fully saturated rings. The van der Waals surface area contributed by atoms with Crippen LogP contribution in [0.2, 0.25) is 0 Å². The normalized spacial score (nSPS) is 18.6. The van der Waals surface area contributed by atoms with Crippen molar-refractivity contribution < 1.29 is 4.74 Å². The van der Waals surface area contributed by atoms with Gasteiger partial charge in [0.25, 0.3) is 0 Å². The molecule has 2 nitrogen and oxygen atoms in total. The van der Waals surface area contributed by atoms with Crippen molar-refractivity contribution in [2.45, 2.75) is 32.3 Å². The first-order chi connectivity index (χ1) is 12.9. The molecule has 2 aromatic rings. The minimum absolute atomic E-state index is 0.380. The number of hydrogen-bond donors (Lipinski definition) is 0. The zero-order valence-corrected chi connectivity index (χ0v) is 14.9. The Morgan fingerprint density at radius 2 is 2.08 bits per heavy atom. The molecule has 0 N–H and O–H groups in total. The van der Waals surface area contributed by atoms with E-state index in [-0.39, 0.29) is 0 Å². The summed E-state index contributed by atoms with van der Waals surface area (Å²) < 4.78 is 5.97. The van der Waals surface area contributed by atoms with Gasteiger partial charge in [-0.2, -0.15) is 0 Å². The third-order valence-corrected chi connectivity index (χ3v) is 4.86. The third-order valence-electron chi connectivity index (χ3n) is 4.86. The second kappa shape index (κ2) is 8.06. The molecular formula is C24H23NO. The van der Waals surface area contributed by atoms with Crippen molar-refractivity contribution in [3.8, 4) is 17.6 Å². The van der Waals surface area contributed by atoms with Crippen molar-refractivity contribution in [2.24, 2.45) is 10.9 Å². The molecule has 0 amide bonds. The first-order valence-corrected chi connectivity index (χ1v) is 9.39. The molecule has 0 saturated carbocycles. The van der Waals surface area contributed by atoms with Crippen molar-refractivity contribution in [3.63, 3.8) is 0 Å². The summed E-state index contributed by atoms with van der Waals surface area (Å²) in [5.74, 6) is 7.84.